The van der Waals surface area contributed by atoms with Crippen LogP contribution in [0.5, 0.6) is 5.75 Å². The third-order valence-corrected chi connectivity index (χ3v) is 7.42. The second kappa shape index (κ2) is 13.2. The number of rotatable bonds is 11. The zero-order chi connectivity index (χ0) is 28.0. The molecule has 0 spiro atoms. The number of aliphatic imine (C=N–C) groups is 1. The number of aliphatic hydroxyl groups is 1. The first-order valence-electron chi connectivity index (χ1n) is 12.8. The Morgan fingerprint density at radius 2 is 1.85 bits per heavy atom. The Kier molecular flexibility index (Phi) is 9.94. The molecule has 3 aromatic rings. The Balaban J connectivity index is 1.79. The summed E-state index contributed by atoms with van der Waals surface area (Å²) < 4.78 is 13.1. The zero-order valence-electron chi connectivity index (χ0n) is 21.8. The van der Waals surface area contributed by atoms with E-state index in [9.17, 15) is 4.79 Å². The van der Waals surface area contributed by atoms with Gasteiger partial charge in [-0.05, 0) is 60.0 Å². The van der Waals surface area contributed by atoms with Crippen LogP contribution in [0.25, 0.3) is 0 Å². The summed E-state index contributed by atoms with van der Waals surface area (Å²) in [5, 5.41) is 13.0. The number of hydrogen-bond donors (Lipinski definition) is 2. The molecule has 0 saturated heterocycles. The fourth-order valence-corrected chi connectivity index (χ4v) is 5.11. The lowest BCUT2D eigenvalue weighted by Gasteiger charge is -2.31. The number of carbonyl (C=O) groups excluding carboxylic acids is 1. The van der Waals surface area contributed by atoms with Gasteiger partial charge in [0.1, 0.15) is 5.75 Å². The predicted octanol–water partition coefficient (Wildman–Crippen LogP) is 6.79. The summed E-state index contributed by atoms with van der Waals surface area (Å²) in [6, 6.07) is 20.3. The highest BCUT2D eigenvalue weighted by molar-refractivity contribution is 9.10. The number of hydrogen-bond acceptors (Lipinski definition) is 5. The summed E-state index contributed by atoms with van der Waals surface area (Å²) in [7, 11) is 0. The highest BCUT2D eigenvalue weighted by atomic mass is 79.9. The Morgan fingerprint density at radius 1 is 1.13 bits per heavy atom. The minimum absolute atomic E-state index is 0.0662. The first-order valence-corrected chi connectivity index (χ1v) is 14.3. The van der Waals surface area contributed by atoms with Crippen LogP contribution in [0.15, 0.2) is 76.2 Å². The Morgan fingerprint density at radius 3 is 2.49 bits per heavy atom. The van der Waals surface area contributed by atoms with Crippen molar-refractivity contribution in [3.63, 3.8) is 0 Å². The fourth-order valence-electron chi connectivity index (χ4n) is 4.34. The molecular weight excluding hydrogens is 603 g/mol. The van der Waals surface area contributed by atoms with Crippen molar-refractivity contribution in [3.8, 4) is 5.75 Å². The van der Waals surface area contributed by atoms with Crippen LogP contribution in [-0.4, -0.2) is 42.2 Å². The summed E-state index contributed by atoms with van der Waals surface area (Å²) >= 11 is 16.4. The Bertz CT molecular complexity index is 1320. The highest BCUT2D eigenvalue weighted by Gasteiger charge is 2.53. The van der Waals surface area contributed by atoms with E-state index < -0.39 is 11.6 Å². The van der Waals surface area contributed by atoms with Crippen LogP contribution in [0, 0.1) is 5.92 Å². The van der Waals surface area contributed by atoms with Crippen molar-refractivity contribution in [1.82, 2.24) is 5.32 Å². The van der Waals surface area contributed by atoms with E-state index in [0.29, 0.717) is 58.8 Å². The van der Waals surface area contributed by atoms with Crippen LogP contribution < -0.4 is 10.1 Å². The number of halogens is 3. The smallest absolute Gasteiger partial charge is 0.252 e. The van der Waals surface area contributed by atoms with E-state index in [1.54, 1.807) is 18.2 Å². The van der Waals surface area contributed by atoms with Crippen molar-refractivity contribution in [1.29, 1.82) is 0 Å². The lowest BCUT2D eigenvalue weighted by molar-refractivity contribution is -0.129. The van der Waals surface area contributed by atoms with E-state index in [0.717, 1.165) is 10.0 Å². The van der Waals surface area contributed by atoms with Crippen LogP contribution >= 0.6 is 39.1 Å². The third kappa shape index (κ3) is 7.14. The standard InChI is InChI=1S/C30H31BrCl2N2O4/c1-19(2)18-34-29(37)30(17-20-4-8-22(31)9-5-20)27(25-13-10-23(32)16-26(25)33)39-28(35-30)21-6-11-24(12-7-21)38-15-3-14-36/h4-13,16,19,27,36H,3,14-15,17-18H2,1-2H3,(H,34,37)/t27-,30-/m1/s1. The lowest BCUT2D eigenvalue weighted by atomic mass is 9.82. The van der Waals surface area contributed by atoms with Gasteiger partial charge in [-0.25, -0.2) is 4.99 Å². The van der Waals surface area contributed by atoms with Crippen molar-refractivity contribution in [2.45, 2.75) is 38.3 Å². The molecule has 1 aliphatic rings. The number of amides is 1. The van der Waals surface area contributed by atoms with Gasteiger partial charge in [0.2, 0.25) is 5.90 Å². The van der Waals surface area contributed by atoms with Crippen molar-refractivity contribution in [3.05, 3.63) is 97.9 Å². The molecule has 1 heterocycles. The second-order valence-electron chi connectivity index (χ2n) is 9.86. The molecule has 0 aliphatic carbocycles. The molecule has 0 unspecified atom stereocenters. The predicted molar refractivity (Wildman–Crippen MR) is 159 cm³/mol. The largest absolute Gasteiger partial charge is 0.494 e. The fraction of sp³-hybridized carbons (Fsp3) is 0.333. The van der Waals surface area contributed by atoms with E-state index in [-0.39, 0.29) is 18.4 Å². The van der Waals surface area contributed by atoms with E-state index in [1.807, 2.05) is 62.4 Å². The van der Waals surface area contributed by atoms with Gasteiger partial charge < -0.3 is 19.9 Å². The number of nitrogens with one attached hydrogen (secondary N) is 1. The molecule has 0 bridgehead atoms. The first kappa shape index (κ1) is 29.4. The molecule has 0 aromatic heterocycles. The van der Waals surface area contributed by atoms with Crippen molar-refractivity contribution >= 4 is 50.9 Å². The molecule has 206 valence electrons. The molecule has 2 N–H and O–H groups in total. The highest BCUT2D eigenvalue weighted by Crippen LogP contribution is 2.45. The number of ether oxygens (including phenoxy) is 2. The Hall–Kier alpha value is -2.58. The molecule has 3 aromatic carbocycles. The molecule has 0 fully saturated rings. The average molecular weight is 634 g/mol. The Labute approximate surface area is 247 Å². The summed E-state index contributed by atoms with van der Waals surface area (Å²) in [4.78, 5) is 19.1. The van der Waals surface area contributed by atoms with Gasteiger partial charge in [-0.1, -0.05) is 71.2 Å². The maximum absolute atomic E-state index is 14.1. The summed E-state index contributed by atoms with van der Waals surface area (Å²) in [6.45, 7) is 5.05. The quantitative estimate of drug-likeness (QED) is 0.228. The molecular formula is C30H31BrCl2N2O4. The van der Waals surface area contributed by atoms with Gasteiger partial charge in [-0.2, -0.15) is 0 Å². The van der Waals surface area contributed by atoms with E-state index in [4.69, 9.17) is 42.8 Å². The van der Waals surface area contributed by atoms with Gasteiger partial charge >= 0.3 is 0 Å². The summed E-state index contributed by atoms with van der Waals surface area (Å²) in [6.07, 6.45) is 0.0405. The molecule has 0 radical (unpaired) electrons. The van der Waals surface area contributed by atoms with Crippen LogP contribution in [0.1, 0.15) is 43.1 Å². The number of benzene rings is 3. The minimum Gasteiger partial charge on any atom is -0.494 e. The van der Waals surface area contributed by atoms with Crippen LogP contribution in [0.3, 0.4) is 0 Å². The molecule has 1 amide bonds. The molecule has 6 nitrogen and oxygen atoms in total. The molecule has 4 rings (SSSR count). The van der Waals surface area contributed by atoms with E-state index >= 15 is 0 Å². The monoisotopic (exact) mass is 632 g/mol. The summed E-state index contributed by atoms with van der Waals surface area (Å²) in [5.41, 5.74) is 0.926. The second-order valence-corrected chi connectivity index (χ2v) is 11.6. The van der Waals surface area contributed by atoms with Gasteiger partial charge in [-0.3, -0.25) is 4.79 Å². The van der Waals surface area contributed by atoms with E-state index in [2.05, 4.69) is 21.2 Å². The number of nitrogens with zero attached hydrogens (tertiary/aromatic N) is 1. The summed E-state index contributed by atoms with van der Waals surface area (Å²) in [5.74, 6) is 1.01. The molecule has 2 atom stereocenters. The molecule has 0 saturated carbocycles. The number of aliphatic hydroxyl groups excluding tert-OH is 1. The van der Waals surface area contributed by atoms with Crippen molar-refractivity contribution < 1.29 is 19.4 Å². The van der Waals surface area contributed by atoms with Gasteiger partial charge in [0.25, 0.3) is 5.91 Å². The minimum atomic E-state index is -1.33. The first-order chi connectivity index (χ1) is 18.7. The number of carbonyl (C=O) groups is 1. The van der Waals surface area contributed by atoms with Crippen molar-refractivity contribution in [2.24, 2.45) is 10.9 Å². The van der Waals surface area contributed by atoms with Gasteiger partial charge in [0.05, 0.1) is 6.61 Å². The molecule has 9 heteroatoms. The van der Waals surface area contributed by atoms with Gasteiger partial charge in [0.15, 0.2) is 11.6 Å². The van der Waals surface area contributed by atoms with Gasteiger partial charge in [0, 0.05) is 51.6 Å². The van der Waals surface area contributed by atoms with Crippen molar-refractivity contribution in [2.75, 3.05) is 19.8 Å². The average Bonchev–Trinajstić information content (AvgIpc) is 3.29. The van der Waals surface area contributed by atoms with Crippen LogP contribution in [-0.2, 0) is 16.0 Å². The maximum atomic E-state index is 14.1. The maximum Gasteiger partial charge on any atom is 0.252 e. The van der Waals surface area contributed by atoms with Crippen LogP contribution in [0.2, 0.25) is 10.0 Å². The topological polar surface area (TPSA) is 80.2 Å². The van der Waals surface area contributed by atoms with Gasteiger partial charge in [-0.15, -0.1) is 0 Å². The molecule has 39 heavy (non-hydrogen) atoms. The zero-order valence-corrected chi connectivity index (χ0v) is 24.9. The SMILES string of the molecule is CC(C)CNC(=O)[C@]1(Cc2ccc(Br)cc2)N=C(c2ccc(OCCCO)cc2)O[C@@H]1c1ccc(Cl)cc1Cl. The normalized spacial score (nSPS) is 18.5. The van der Waals surface area contributed by atoms with E-state index in [1.165, 1.54) is 0 Å². The van der Waals surface area contributed by atoms with Crippen LogP contribution in [0.4, 0.5) is 0 Å². The molecule has 1 aliphatic heterocycles. The third-order valence-electron chi connectivity index (χ3n) is 6.33. The lowest BCUT2D eigenvalue weighted by Crippen LogP contribution is -2.50.